The van der Waals surface area contributed by atoms with Gasteiger partial charge in [0.15, 0.2) is 23.0 Å². The van der Waals surface area contributed by atoms with E-state index in [2.05, 4.69) is 10.0 Å². The first-order valence-electron chi connectivity index (χ1n) is 9.66. The molecular weight excluding hydrogens is 406 g/mol. The van der Waals surface area contributed by atoms with Crippen LogP contribution in [0.4, 0.5) is 0 Å². The van der Waals surface area contributed by atoms with Gasteiger partial charge in [0.2, 0.25) is 12.5 Å². The Bertz CT molecular complexity index is 1100. The lowest BCUT2D eigenvalue weighted by atomic mass is 9.65. The zero-order valence-electron chi connectivity index (χ0n) is 16.8. The van der Waals surface area contributed by atoms with Crippen LogP contribution in [0.3, 0.4) is 0 Å². The van der Waals surface area contributed by atoms with Gasteiger partial charge < -0.3 is 28.8 Å². The molecule has 1 N–H and O–H groups in total. The molecule has 2 aromatic carbocycles. The molecule has 1 fully saturated rings. The number of esters is 1. The minimum atomic E-state index is -0.595. The van der Waals surface area contributed by atoms with Gasteiger partial charge >= 0.3 is 5.97 Å². The Balaban J connectivity index is 1.78. The summed E-state index contributed by atoms with van der Waals surface area (Å²) in [5.74, 6) is -0.373. The molecule has 10 nitrogen and oxygen atoms in total. The van der Waals surface area contributed by atoms with Gasteiger partial charge in [0.25, 0.3) is 0 Å². The van der Waals surface area contributed by atoms with E-state index in [9.17, 15) is 15.4 Å². The summed E-state index contributed by atoms with van der Waals surface area (Å²) in [6.07, 6.45) is 0. The van der Waals surface area contributed by atoms with E-state index in [-0.39, 0.29) is 42.5 Å². The van der Waals surface area contributed by atoms with Crippen LogP contribution in [-0.4, -0.2) is 38.7 Å². The number of benzene rings is 2. The monoisotopic (exact) mass is 425 g/mol. The van der Waals surface area contributed by atoms with Crippen molar-refractivity contribution in [3.05, 3.63) is 51.4 Å². The third-order valence-corrected chi connectivity index (χ3v) is 6.19. The predicted octanol–water partition coefficient (Wildman–Crippen LogP) is 3.42. The number of phenols is 1. The molecule has 10 heteroatoms. The molecule has 0 bridgehead atoms. The molecule has 0 spiro atoms. The smallest absolute Gasteiger partial charge is 0.310 e. The van der Waals surface area contributed by atoms with E-state index >= 15 is 0 Å². The number of azide groups is 1. The third-order valence-electron chi connectivity index (χ3n) is 6.19. The predicted molar refractivity (Wildman–Crippen MR) is 105 cm³/mol. The summed E-state index contributed by atoms with van der Waals surface area (Å²) in [6.45, 7) is 0.231. The minimum absolute atomic E-state index is 0.0881. The summed E-state index contributed by atoms with van der Waals surface area (Å²) in [5, 5.41) is 14.4. The van der Waals surface area contributed by atoms with E-state index in [0.717, 1.165) is 11.1 Å². The number of fused-ring (bicyclic) bond motifs is 3. The highest BCUT2D eigenvalue weighted by atomic mass is 16.7. The van der Waals surface area contributed by atoms with Crippen molar-refractivity contribution >= 4 is 5.97 Å². The van der Waals surface area contributed by atoms with Gasteiger partial charge in [0.1, 0.15) is 0 Å². The number of carbonyl (C=O) groups is 1. The van der Waals surface area contributed by atoms with Crippen molar-refractivity contribution in [2.24, 2.45) is 17.0 Å². The number of phenolic OH excluding ortho intramolecular Hbond substituents is 1. The molecule has 0 unspecified atom stereocenters. The van der Waals surface area contributed by atoms with E-state index in [4.69, 9.17) is 23.7 Å². The van der Waals surface area contributed by atoms with Crippen molar-refractivity contribution in [2.45, 2.75) is 12.0 Å². The fourth-order valence-electron chi connectivity index (χ4n) is 4.83. The van der Waals surface area contributed by atoms with Gasteiger partial charge in [0.05, 0.1) is 32.8 Å². The van der Waals surface area contributed by atoms with Gasteiger partial charge in [-0.3, -0.25) is 4.79 Å². The van der Waals surface area contributed by atoms with Gasteiger partial charge in [-0.25, -0.2) is 0 Å². The van der Waals surface area contributed by atoms with Gasteiger partial charge in [-0.05, 0) is 46.5 Å². The highest BCUT2D eigenvalue weighted by Crippen LogP contribution is 2.56. The highest BCUT2D eigenvalue weighted by molar-refractivity contribution is 5.79. The quantitative estimate of drug-likeness (QED) is 0.343. The van der Waals surface area contributed by atoms with Crippen LogP contribution < -0.4 is 18.9 Å². The molecule has 0 aromatic heterocycles. The molecule has 2 aromatic rings. The van der Waals surface area contributed by atoms with Crippen LogP contribution in [0, 0.1) is 11.8 Å². The molecule has 4 atom stereocenters. The molecule has 1 saturated heterocycles. The van der Waals surface area contributed by atoms with Crippen molar-refractivity contribution in [1.29, 1.82) is 0 Å². The van der Waals surface area contributed by atoms with E-state index in [0.29, 0.717) is 17.1 Å². The average Bonchev–Trinajstić information content (AvgIpc) is 3.39. The van der Waals surface area contributed by atoms with Crippen molar-refractivity contribution in [2.75, 3.05) is 27.6 Å². The number of aromatic hydroxyl groups is 1. The zero-order chi connectivity index (χ0) is 21.7. The zero-order valence-corrected chi connectivity index (χ0v) is 16.8. The number of ether oxygens (including phenoxy) is 5. The van der Waals surface area contributed by atoms with E-state index in [1.807, 2.05) is 6.07 Å². The first kappa shape index (κ1) is 19.2. The van der Waals surface area contributed by atoms with Crippen molar-refractivity contribution in [3.8, 4) is 28.7 Å². The van der Waals surface area contributed by atoms with Crippen LogP contribution in [0.5, 0.6) is 28.7 Å². The largest absolute Gasteiger partial charge is 0.502 e. The first-order valence-corrected chi connectivity index (χ1v) is 9.66. The van der Waals surface area contributed by atoms with Crippen LogP contribution in [0.2, 0.25) is 0 Å². The first-order chi connectivity index (χ1) is 15.1. The number of rotatable bonds is 4. The number of methoxy groups -OCH3 is 2. The molecular formula is C21H19N3O7. The fourth-order valence-corrected chi connectivity index (χ4v) is 4.83. The van der Waals surface area contributed by atoms with Crippen LogP contribution in [0.15, 0.2) is 29.4 Å². The number of carbonyl (C=O) groups excluding carboxylic acids is 1. The topological polar surface area (TPSA) is 132 Å². The Kier molecular flexibility index (Phi) is 4.44. The lowest BCUT2D eigenvalue weighted by Gasteiger charge is -2.37. The Morgan fingerprint density at radius 3 is 2.32 bits per heavy atom. The molecule has 0 saturated carbocycles. The second kappa shape index (κ2) is 7.17. The van der Waals surface area contributed by atoms with Crippen LogP contribution in [0.1, 0.15) is 28.7 Å². The summed E-state index contributed by atoms with van der Waals surface area (Å²) in [4.78, 5) is 15.9. The standard InChI is InChI=1S/C21H19N3O7/c1-27-15-3-9(4-16(28-2)20(15)25)17-10-5-13-14(31-8-30-13)6-11(10)19(23-24-22)12-7-29-21(26)18(12)17/h3-6,12,17-19,25H,7-8H2,1-2H3/t12-,17+,18-,19-/m0/s1. The molecule has 5 rings (SSSR count). The van der Waals surface area contributed by atoms with Gasteiger partial charge in [0, 0.05) is 16.7 Å². The lowest BCUT2D eigenvalue weighted by molar-refractivity contribution is -0.141. The summed E-state index contributed by atoms with van der Waals surface area (Å²) in [7, 11) is 2.88. The van der Waals surface area contributed by atoms with Gasteiger partial charge in [-0.15, -0.1) is 0 Å². The number of cyclic esters (lactones) is 1. The molecule has 2 aliphatic heterocycles. The van der Waals surface area contributed by atoms with E-state index in [1.165, 1.54) is 14.2 Å². The maximum absolute atomic E-state index is 12.8. The third kappa shape index (κ3) is 2.79. The van der Waals surface area contributed by atoms with Crippen LogP contribution in [0.25, 0.3) is 10.4 Å². The second-order valence-electron chi connectivity index (χ2n) is 7.56. The maximum atomic E-state index is 12.8. The van der Waals surface area contributed by atoms with Crippen molar-refractivity contribution in [3.63, 3.8) is 0 Å². The van der Waals surface area contributed by atoms with Crippen LogP contribution >= 0.6 is 0 Å². The van der Waals surface area contributed by atoms with Crippen molar-refractivity contribution in [1.82, 2.24) is 0 Å². The van der Waals surface area contributed by atoms with Crippen LogP contribution in [-0.2, 0) is 9.53 Å². The summed E-state index contributed by atoms with van der Waals surface area (Å²) >= 11 is 0. The second-order valence-corrected chi connectivity index (χ2v) is 7.56. The lowest BCUT2D eigenvalue weighted by Crippen LogP contribution is -2.34. The summed E-state index contributed by atoms with van der Waals surface area (Å²) in [6, 6.07) is 6.37. The van der Waals surface area contributed by atoms with Gasteiger partial charge in [-0.2, -0.15) is 0 Å². The Morgan fingerprint density at radius 2 is 1.71 bits per heavy atom. The Hall–Kier alpha value is -3.78. The summed E-state index contributed by atoms with van der Waals surface area (Å²) < 4.78 is 27.1. The summed E-state index contributed by atoms with van der Waals surface area (Å²) in [5.41, 5.74) is 11.4. The number of hydrogen-bond donors (Lipinski definition) is 1. The van der Waals surface area contributed by atoms with E-state index < -0.39 is 17.9 Å². The van der Waals surface area contributed by atoms with Crippen molar-refractivity contribution < 1.29 is 33.6 Å². The van der Waals surface area contributed by atoms with Gasteiger partial charge in [-0.1, -0.05) is 5.11 Å². The highest BCUT2D eigenvalue weighted by Gasteiger charge is 2.52. The fraction of sp³-hybridized carbons (Fsp3) is 0.381. The normalized spacial score (nSPS) is 25.2. The van der Waals surface area contributed by atoms with E-state index in [1.54, 1.807) is 18.2 Å². The maximum Gasteiger partial charge on any atom is 0.310 e. The molecule has 2 heterocycles. The minimum Gasteiger partial charge on any atom is -0.502 e. The molecule has 3 aliphatic rings. The molecule has 0 radical (unpaired) electrons. The average molecular weight is 425 g/mol. The number of hydrogen-bond acceptors (Lipinski definition) is 8. The number of nitrogens with zero attached hydrogens (tertiary/aromatic N) is 3. The molecule has 160 valence electrons. The molecule has 0 amide bonds. The molecule has 1 aliphatic carbocycles. The molecule has 31 heavy (non-hydrogen) atoms. The Morgan fingerprint density at radius 1 is 1.06 bits per heavy atom. The Labute approximate surface area is 176 Å². The SMILES string of the molecule is COc1cc([C@@H]2c3cc4c(cc3[C@H](N=[N+]=[N-])[C@H]3COC(=O)[C@H]23)OCO4)cc(OC)c1O.